The van der Waals surface area contributed by atoms with Crippen molar-refractivity contribution in [3.63, 3.8) is 0 Å². The van der Waals surface area contributed by atoms with Crippen molar-refractivity contribution < 1.29 is 13.2 Å². The van der Waals surface area contributed by atoms with E-state index in [2.05, 4.69) is 25.9 Å². The van der Waals surface area contributed by atoms with Crippen LogP contribution in [-0.2, 0) is 14.8 Å². The van der Waals surface area contributed by atoms with E-state index in [4.69, 9.17) is 4.74 Å². The molecule has 1 aliphatic rings. The van der Waals surface area contributed by atoms with E-state index in [1.54, 1.807) is 0 Å². The summed E-state index contributed by atoms with van der Waals surface area (Å²) in [5.41, 5.74) is -0.496. The van der Waals surface area contributed by atoms with Gasteiger partial charge in [-0.15, -0.1) is 0 Å². The van der Waals surface area contributed by atoms with Gasteiger partial charge in [0.25, 0.3) is 10.0 Å². The Hall–Kier alpha value is -0.440. The average Bonchev–Trinajstić information content (AvgIpc) is 2.80. The van der Waals surface area contributed by atoms with E-state index in [1.165, 1.54) is 16.8 Å². The minimum Gasteiger partial charge on any atom is -0.369 e. The van der Waals surface area contributed by atoms with Gasteiger partial charge in [0.2, 0.25) is 0 Å². The molecule has 0 saturated carbocycles. The topological polar surface area (TPSA) is 75.3 Å². The number of alkyl halides is 1. The van der Waals surface area contributed by atoms with E-state index in [-0.39, 0.29) is 11.1 Å². The lowest BCUT2D eigenvalue weighted by Gasteiger charge is -2.41. The second kappa shape index (κ2) is 4.92. The van der Waals surface area contributed by atoms with Crippen molar-refractivity contribution in [1.29, 1.82) is 0 Å². The van der Waals surface area contributed by atoms with Crippen molar-refractivity contribution in [2.24, 2.45) is 0 Å². The molecular formula is C10H16BrN3O3S. The monoisotopic (exact) mass is 337 g/mol. The highest BCUT2D eigenvalue weighted by Crippen LogP contribution is 2.26. The Morgan fingerprint density at radius 1 is 1.67 bits per heavy atom. The largest absolute Gasteiger partial charge is 0.369 e. The van der Waals surface area contributed by atoms with Gasteiger partial charge in [0.1, 0.15) is 0 Å². The number of ether oxygens (including phenoxy) is 1. The molecule has 0 radical (unpaired) electrons. The first-order chi connectivity index (χ1) is 8.35. The first kappa shape index (κ1) is 14.0. The van der Waals surface area contributed by atoms with Gasteiger partial charge in [0, 0.05) is 18.4 Å². The van der Waals surface area contributed by atoms with E-state index in [1.807, 2.05) is 13.8 Å². The number of H-pyrrole nitrogens is 1. The number of nitrogens with zero attached hydrogens (tertiary/aromatic N) is 2. The number of hydrogen-bond donors (Lipinski definition) is 1. The number of imidazole rings is 1. The lowest BCUT2D eigenvalue weighted by Crippen LogP contribution is -2.55. The molecule has 1 aromatic rings. The Morgan fingerprint density at radius 2 is 2.39 bits per heavy atom. The maximum atomic E-state index is 12.4. The Balaban J connectivity index is 2.28. The van der Waals surface area contributed by atoms with Crippen molar-refractivity contribution >= 4 is 26.0 Å². The predicted octanol–water partition coefficient (Wildman–Crippen LogP) is 0.973. The molecule has 18 heavy (non-hydrogen) atoms. The number of sulfonamides is 1. The second-order valence-corrected chi connectivity index (χ2v) is 7.42. The highest BCUT2D eigenvalue weighted by Gasteiger charge is 2.39. The summed E-state index contributed by atoms with van der Waals surface area (Å²) in [6.45, 7) is 4.45. The van der Waals surface area contributed by atoms with E-state index in [0.29, 0.717) is 18.4 Å². The van der Waals surface area contributed by atoms with Crippen molar-refractivity contribution in [2.45, 2.75) is 30.6 Å². The lowest BCUT2D eigenvalue weighted by molar-refractivity contribution is -0.107. The summed E-state index contributed by atoms with van der Waals surface area (Å²) >= 11 is 3.34. The third-order valence-corrected chi connectivity index (χ3v) is 5.17. The van der Waals surface area contributed by atoms with Gasteiger partial charge in [-0.1, -0.05) is 15.9 Å². The predicted molar refractivity (Wildman–Crippen MR) is 70.1 cm³/mol. The Kier molecular flexibility index (Phi) is 3.82. The highest BCUT2D eigenvalue weighted by molar-refractivity contribution is 9.09. The van der Waals surface area contributed by atoms with Gasteiger partial charge in [0.05, 0.1) is 24.2 Å². The minimum absolute atomic E-state index is 0.119. The third kappa shape index (κ3) is 2.76. The van der Waals surface area contributed by atoms with Crippen LogP contribution in [0.15, 0.2) is 17.6 Å². The summed E-state index contributed by atoms with van der Waals surface area (Å²) in [5.74, 6) is 0. The van der Waals surface area contributed by atoms with Gasteiger partial charge in [-0.3, -0.25) is 0 Å². The summed E-state index contributed by atoms with van der Waals surface area (Å²) in [7, 11) is -3.52. The van der Waals surface area contributed by atoms with Crippen LogP contribution < -0.4 is 0 Å². The molecular weight excluding hydrogens is 322 g/mol. The van der Waals surface area contributed by atoms with Gasteiger partial charge < -0.3 is 9.72 Å². The molecule has 1 aliphatic heterocycles. The Bertz CT molecular complexity index is 500. The van der Waals surface area contributed by atoms with E-state index < -0.39 is 15.6 Å². The Morgan fingerprint density at radius 3 is 2.94 bits per heavy atom. The molecule has 6 nitrogen and oxygen atoms in total. The number of morpholine rings is 1. The van der Waals surface area contributed by atoms with E-state index in [0.717, 1.165) is 0 Å². The van der Waals surface area contributed by atoms with Crippen molar-refractivity contribution in [3.05, 3.63) is 12.5 Å². The molecule has 1 saturated heterocycles. The first-order valence-electron chi connectivity index (χ1n) is 5.57. The normalized spacial score (nSPS) is 25.2. The van der Waals surface area contributed by atoms with Crippen LogP contribution in [0, 0.1) is 0 Å². The van der Waals surface area contributed by atoms with E-state index >= 15 is 0 Å². The average molecular weight is 338 g/mol. The van der Waals surface area contributed by atoms with Crippen LogP contribution in [0.3, 0.4) is 0 Å². The molecule has 0 aliphatic carbocycles. The number of halogens is 1. The molecule has 2 heterocycles. The number of aromatic amines is 1. The van der Waals surface area contributed by atoms with Gasteiger partial charge in [-0.05, 0) is 13.8 Å². The summed E-state index contributed by atoms with van der Waals surface area (Å²) in [5, 5.41) is 0.722. The maximum Gasteiger partial charge on any atom is 0.260 e. The number of rotatable bonds is 3. The molecule has 0 spiro atoms. The van der Waals surface area contributed by atoms with Gasteiger partial charge in [-0.2, -0.15) is 4.31 Å². The van der Waals surface area contributed by atoms with Crippen LogP contribution >= 0.6 is 15.9 Å². The number of hydrogen-bond acceptors (Lipinski definition) is 4. The molecule has 0 bridgehead atoms. The van der Waals surface area contributed by atoms with Crippen LogP contribution in [0.2, 0.25) is 0 Å². The molecule has 0 aromatic carbocycles. The lowest BCUT2D eigenvalue weighted by atomic mass is 10.1. The summed E-state index contributed by atoms with van der Waals surface area (Å²) in [6, 6.07) is 0. The summed E-state index contributed by atoms with van der Waals surface area (Å²) in [4.78, 5) is 6.40. The number of aromatic nitrogens is 2. The molecule has 1 N–H and O–H groups in total. The molecule has 0 amide bonds. The van der Waals surface area contributed by atoms with Gasteiger partial charge >= 0.3 is 0 Å². The van der Waals surface area contributed by atoms with Crippen LogP contribution in [0.5, 0.6) is 0 Å². The van der Waals surface area contributed by atoms with Crippen molar-refractivity contribution in [3.8, 4) is 0 Å². The number of nitrogens with one attached hydrogen (secondary N) is 1. The minimum atomic E-state index is -3.52. The van der Waals surface area contributed by atoms with Crippen molar-refractivity contribution in [1.82, 2.24) is 14.3 Å². The fourth-order valence-corrected chi connectivity index (χ4v) is 3.88. The summed E-state index contributed by atoms with van der Waals surface area (Å²) in [6.07, 6.45) is 2.54. The quantitative estimate of drug-likeness (QED) is 0.834. The van der Waals surface area contributed by atoms with Gasteiger partial charge in [0.15, 0.2) is 5.03 Å². The van der Waals surface area contributed by atoms with Crippen LogP contribution in [0.25, 0.3) is 0 Å². The SMILES string of the molecule is CC1(C)CN(S(=O)(=O)c2cnc[nH]2)CC(CBr)O1. The van der Waals surface area contributed by atoms with Crippen molar-refractivity contribution in [2.75, 3.05) is 18.4 Å². The molecule has 102 valence electrons. The molecule has 1 atom stereocenters. The fraction of sp³-hybridized carbons (Fsp3) is 0.700. The fourth-order valence-electron chi connectivity index (χ4n) is 2.03. The Labute approximate surface area is 115 Å². The zero-order chi connectivity index (χ0) is 13.4. The maximum absolute atomic E-state index is 12.4. The molecule has 1 fully saturated rings. The molecule has 2 rings (SSSR count). The zero-order valence-corrected chi connectivity index (χ0v) is 12.7. The molecule has 1 unspecified atom stereocenters. The van der Waals surface area contributed by atoms with Crippen LogP contribution in [0.4, 0.5) is 0 Å². The molecule has 1 aromatic heterocycles. The van der Waals surface area contributed by atoms with Crippen LogP contribution in [-0.4, -0.2) is 52.8 Å². The van der Waals surface area contributed by atoms with Crippen LogP contribution in [0.1, 0.15) is 13.8 Å². The van der Waals surface area contributed by atoms with Gasteiger partial charge in [-0.25, -0.2) is 13.4 Å². The standard InChI is InChI=1S/C10H16BrN3O3S/c1-10(2)6-14(5-8(3-11)17-10)18(15,16)9-4-12-7-13-9/h4,7-8H,3,5-6H2,1-2H3,(H,12,13). The third-order valence-electron chi connectivity index (χ3n) is 2.71. The summed E-state index contributed by atoms with van der Waals surface area (Å²) < 4.78 is 32.0. The van der Waals surface area contributed by atoms with E-state index in [9.17, 15) is 8.42 Å². The second-order valence-electron chi connectivity index (χ2n) is 4.87. The highest BCUT2D eigenvalue weighted by atomic mass is 79.9. The molecule has 8 heteroatoms. The smallest absolute Gasteiger partial charge is 0.260 e. The first-order valence-corrected chi connectivity index (χ1v) is 8.13. The zero-order valence-electron chi connectivity index (χ0n) is 10.3.